The molecule has 168 valence electrons. The molecule has 0 bridgehead atoms. The molecule has 21 nitrogen and oxygen atoms in total. The van der Waals surface area contributed by atoms with Crippen LogP contribution in [0.5, 0.6) is 0 Å². The average Bonchev–Trinajstić information content (AvgIpc) is 1.96. The van der Waals surface area contributed by atoms with Crippen molar-refractivity contribution in [3.8, 4) is 0 Å². The predicted octanol–water partition coefficient (Wildman–Crippen LogP) is -7.37. The molecule has 30 heteroatoms. The number of hydrogen-bond donors (Lipinski definition) is 6. The van der Waals surface area contributed by atoms with Crippen LogP contribution >= 0.6 is 46.9 Å². The second kappa shape index (κ2) is 18.7. The van der Waals surface area contributed by atoms with E-state index in [1.54, 1.807) is 0 Å². The van der Waals surface area contributed by atoms with Crippen LogP contribution in [-0.4, -0.2) is 143 Å². The minimum Gasteiger partial charge on any atom is -0.789 e. The summed E-state index contributed by atoms with van der Waals surface area (Å²) >= 11 is 0. The summed E-state index contributed by atoms with van der Waals surface area (Å²) in [4.78, 5) is 102. The zero-order valence-electron chi connectivity index (χ0n) is 13.6. The minimum atomic E-state index is -5.55. The summed E-state index contributed by atoms with van der Waals surface area (Å²) in [7, 11) is -32.2. The van der Waals surface area contributed by atoms with Crippen LogP contribution in [0.4, 0.5) is 0 Å². The van der Waals surface area contributed by atoms with Gasteiger partial charge in [0, 0.05) is 0 Å². The van der Waals surface area contributed by atoms with Gasteiger partial charge >= 0.3 is 137 Å². The zero-order valence-corrected chi connectivity index (χ0v) is 25.6. The van der Waals surface area contributed by atoms with Gasteiger partial charge in [-0.1, -0.05) is 0 Å². The molecule has 0 saturated heterocycles. The molecule has 0 spiro atoms. The zero-order chi connectivity index (χ0) is 23.1. The summed E-state index contributed by atoms with van der Waals surface area (Å²) in [5.41, 5.74) is 0. The molecule has 0 unspecified atom stereocenters. The van der Waals surface area contributed by atoms with Crippen molar-refractivity contribution < 1.29 is 99.0 Å². The third-order valence-electron chi connectivity index (χ3n) is 0.619. The quantitative estimate of drug-likeness (QED) is 0.115. The molecule has 0 rings (SSSR count). The van der Waals surface area contributed by atoms with Crippen molar-refractivity contribution in [3.63, 3.8) is 0 Å². The normalized spacial score (nSPS) is 12.4. The van der Waals surface area contributed by atoms with E-state index in [2.05, 4.69) is 12.9 Å². The third kappa shape index (κ3) is 63.7. The molecule has 0 fully saturated rings. The Morgan fingerprint density at radius 2 is 0.500 bits per heavy atom. The molecule has 0 aliphatic carbocycles. The van der Waals surface area contributed by atoms with Crippen molar-refractivity contribution in [3.05, 3.63) is 0 Å². The smallest absolute Gasteiger partial charge is 0.789 e. The van der Waals surface area contributed by atoms with Gasteiger partial charge in [-0.05, 0) is 0 Å². The maximum atomic E-state index is 9.55. The number of hydrogen-bond acceptors (Lipinski definition) is 15. The average molecular weight is 648 g/mol. The van der Waals surface area contributed by atoms with E-state index in [0.29, 0.717) is 0 Å². The molecule has 6 N–H and O–H groups in total. The number of rotatable bonds is 6. The summed E-state index contributed by atoms with van der Waals surface area (Å²) in [6.45, 7) is 0. The predicted molar refractivity (Wildman–Crippen MR) is 79.5 cm³/mol. The van der Waals surface area contributed by atoms with Crippen molar-refractivity contribution in [2.24, 2.45) is 0 Å². The molecule has 0 aliphatic heterocycles. The van der Waals surface area contributed by atoms with E-state index < -0.39 is 46.9 Å². The molecule has 0 aromatic carbocycles. The molecule has 0 radical (unpaired) electrons. The summed E-state index contributed by atoms with van der Waals surface area (Å²) in [5.74, 6) is 0. The van der Waals surface area contributed by atoms with Crippen LogP contribution in [0.25, 0.3) is 0 Å². The van der Waals surface area contributed by atoms with E-state index in [4.69, 9.17) is 29.4 Å². The molecule has 0 aromatic heterocycles. The molecule has 0 amide bonds. The summed E-state index contributed by atoms with van der Waals surface area (Å²) in [6.07, 6.45) is 0. The standard InChI is InChI=1S/3Ca.3H4O7P2/c;;;3*1-8(2,3)7-9(4,5)6/h;;;3*(H2,1,2,3)(H2,4,5,6)/q3*+2;;;/p-6. The van der Waals surface area contributed by atoms with E-state index >= 15 is 0 Å². The Bertz CT molecular complexity index is 556. The Morgan fingerprint density at radius 3 is 0.500 bits per heavy atom. The van der Waals surface area contributed by atoms with Crippen molar-refractivity contribution in [1.29, 1.82) is 0 Å². The first-order chi connectivity index (χ1) is 11.1. The van der Waals surface area contributed by atoms with Crippen LogP contribution in [0, 0.1) is 0 Å². The summed E-state index contributed by atoms with van der Waals surface area (Å²) in [5, 5.41) is 0. The second-order valence-electron chi connectivity index (χ2n) is 3.06. The first-order valence-electron chi connectivity index (χ1n) is 4.49. The van der Waals surface area contributed by atoms with Gasteiger partial charge in [-0.2, -0.15) is 0 Å². The molecule has 0 aliphatic rings. The first-order valence-corrected chi connectivity index (χ1v) is 13.5. The van der Waals surface area contributed by atoms with Crippen molar-refractivity contribution in [2.75, 3.05) is 0 Å². The molecule has 0 aromatic rings. The Hall–Kier alpha value is 4.56. The van der Waals surface area contributed by atoms with Gasteiger partial charge in [0.2, 0.25) is 0 Å². The SMILES string of the molecule is O=P([O-])([O-])OP(=O)(O)O.O=P([O-])([O-])OP(=O)(O)O.O=P([O-])([O-])OP(=O)(O)O.[Ca+2].[Ca+2].[Ca+2]. The maximum Gasteiger partial charge on any atom is 2.00 e. The van der Waals surface area contributed by atoms with Crippen molar-refractivity contribution >= 4 is 160 Å². The van der Waals surface area contributed by atoms with Crippen LogP contribution in [0.15, 0.2) is 0 Å². The van der Waals surface area contributed by atoms with Gasteiger partial charge in [-0.3, -0.25) is 12.9 Å². The van der Waals surface area contributed by atoms with E-state index in [0.717, 1.165) is 0 Å². The van der Waals surface area contributed by atoms with E-state index in [1.165, 1.54) is 0 Å². The van der Waals surface area contributed by atoms with Gasteiger partial charge < -0.3 is 72.4 Å². The molecule has 0 atom stereocenters. The fraction of sp³-hybridized carbons (Fsp3) is 0. The van der Waals surface area contributed by atoms with Crippen molar-refractivity contribution in [2.45, 2.75) is 0 Å². The molecular formula is H6Ca3O21P6. The first kappa shape index (κ1) is 47.7. The Labute approximate surface area is 255 Å². The molecule has 0 saturated carbocycles. The summed E-state index contributed by atoms with van der Waals surface area (Å²) in [6, 6.07) is 0. The fourth-order valence-electron chi connectivity index (χ4n) is 0.391. The van der Waals surface area contributed by atoms with Crippen LogP contribution in [0.3, 0.4) is 0 Å². The largest absolute Gasteiger partial charge is 2.00 e. The van der Waals surface area contributed by atoms with Crippen LogP contribution in [-0.2, 0) is 40.3 Å². The van der Waals surface area contributed by atoms with E-state index in [1.807, 2.05) is 0 Å². The van der Waals surface area contributed by atoms with Gasteiger partial charge in [0.1, 0.15) is 0 Å². The van der Waals surface area contributed by atoms with Crippen LogP contribution < -0.4 is 29.4 Å². The third-order valence-corrected chi connectivity index (χ3v) is 5.57. The van der Waals surface area contributed by atoms with Gasteiger partial charge in [-0.25, -0.2) is 13.7 Å². The molecule has 30 heavy (non-hydrogen) atoms. The van der Waals surface area contributed by atoms with E-state index in [-0.39, 0.29) is 113 Å². The van der Waals surface area contributed by atoms with E-state index in [9.17, 15) is 56.8 Å². The number of phosphoric acid groups is 6. The van der Waals surface area contributed by atoms with Gasteiger partial charge in [0.15, 0.2) is 0 Å². The van der Waals surface area contributed by atoms with Crippen LogP contribution in [0.1, 0.15) is 0 Å². The molecule has 0 heterocycles. The van der Waals surface area contributed by atoms with Gasteiger partial charge in [0.25, 0.3) is 0 Å². The Kier molecular flexibility index (Phi) is 29.8. The van der Waals surface area contributed by atoms with Gasteiger partial charge in [-0.15, -0.1) is 0 Å². The Morgan fingerprint density at radius 1 is 0.400 bits per heavy atom. The van der Waals surface area contributed by atoms with Crippen molar-refractivity contribution in [1.82, 2.24) is 0 Å². The van der Waals surface area contributed by atoms with Crippen LogP contribution in [0.2, 0.25) is 0 Å². The van der Waals surface area contributed by atoms with Gasteiger partial charge in [0.05, 0.1) is 23.5 Å². The maximum absolute atomic E-state index is 9.55. The monoisotopic (exact) mass is 648 g/mol. The second-order valence-corrected chi connectivity index (χ2v) is 10.6. The minimum absolute atomic E-state index is 0. The summed E-state index contributed by atoms with van der Waals surface area (Å²) < 4.78 is 65.1. The topological polar surface area (TPSA) is 390 Å². The fourth-order valence-corrected chi connectivity index (χ4v) is 3.52. The Balaban J connectivity index is -0.0000000686. The molecular weight excluding hydrogens is 642 g/mol.